The highest BCUT2D eigenvalue weighted by Crippen LogP contribution is 2.25. The molecule has 1 N–H and O–H groups in total. The van der Waals surface area contributed by atoms with Gasteiger partial charge in [-0.05, 0) is 35.6 Å². The Balaban J connectivity index is 1.96. The Morgan fingerprint density at radius 1 is 1.10 bits per heavy atom. The van der Waals surface area contributed by atoms with Crippen molar-refractivity contribution in [1.29, 1.82) is 0 Å². The third-order valence-electron chi connectivity index (χ3n) is 3.51. The van der Waals surface area contributed by atoms with E-state index in [2.05, 4.69) is 0 Å². The number of hydrogen-bond acceptors (Lipinski definition) is 2. The molecule has 21 heavy (non-hydrogen) atoms. The monoisotopic (exact) mass is 284 g/mol. The van der Waals surface area contributed by atoms with Crippen molar-refractivity contribution in [3.63, 3.8) is 0 Å². The molecule has 0 fully saturated rings. The lowest BCUT2D eigenvalue weighted by molar-refractivity contribution is -0.137. The molecule has 0 saturated carbocycles. The van der Waals surface area contributed by atoms with Crippen molar-refractivity contribution >= 4 is 5.97 Å². The highest BCUT2D eigenvalue weighted by molar-refractivity contribution is 5.68. The molecule has 0 radical (unpaired) electrons. The lowest BCUT2D eigenvalue weighted by Crippen LogP contribution is -2.05. The van der Waals surface area contributed by atoms with E-state index in [1.54, 1.807) is 0 Å². The summed E-state index contributed by atoms with van der Waals surface area (Å²) >= 11 is 0. The molecule has 110 valence electrons. The van der Waals surface area contributed by atoms with Gasteiger partial charge >= 0.3 is 5.97 Å². The van der Waals surface area contributed by atoms with E-state index in [4.69, 9.17) is 9.84 Å². The molecule has 2 rings (SSSR count). The van der Waals surface area contributed by atoms with Crippen LogP contribution in [0.2, 0.25) is 0 Å². The first kappa shape index (κ1) is 15.1. The van der Waals surface area contributed by atoms with Crippen molar-refractivity contribution < 1.29 is 14.6 Å². The van der Waals surface area contributed by atoms with Gasteiger partial charge in [-0.2, -0.15) is 0 Å². The molecule has 0 aliphatic rings. The van der Waals surface area contributed by atoms with Gasteiger partial charge in [0, 0.05) is 0 Å². The quantitative estimate of drug-likeness (QED) is 0.827. The number of carboxylic acid groups (broad SMARTS) is 1. The van der Waals surface area contributed by atoms with Gasteiger partial charge in [0.25, 0.3) is 0 Å². The van der Waals surface area contributed by atoms with E-state index in [9.17, 15) is 4.79 Å². The molecule has 1 unspecified atom stereocenters. The number of hydrogen-bond donors (Lipinski definition) is 1. The Hall–Kier alpha value is -2.29. The minimum absolute atomic E-state index is 0.0608. The molecular formula is C18H20O3. The van der Waals surface area contributed by atoms with Crippen molar-refractivity contribution in [2.75, 3.05) is 0 Å². The summed E-state index contributed by atoms with van der Waals surface area (Å²) in [4.78, 5) is 10.8. The summed E-state index contributed by atoms with van der Waals surface area (Å²) in [6.07, 6.45) is 0.983. The van der Waals surface area contributed by atoms with E-state index < -0.39 is 5.97 Å². The fourth-order valence-electron chi connectivity index (χ4n) is 2.29. The van der Waals surface area contributed by atoms with Crippen molar-refractivity contribution in [2.45, 2.75) is 32.3 Å². The first-order valence-electron chi connectivity index (χ1n) is 7.17. The number of benzene rings is 2. The minimum Gasteiger partial charge on any atom is -0.489 e. The van der Waals surface area contributed by atoms with Gasteiger partial charge in [0.05, 0.1) is 6.42 Å². The standard InChI is InChI=1S/C18H20O3/c1-2-15(12-18(19)20)16-8-10-17(11-9-16)21-13-14-6-4-3-5-7-14/h3-11,15H,2,12-13H2,1H3,(H,19,20). The Bertz CT molecular complexity index is 561. The molecule has 0 saturated heterocycles. The summed E-state index contributed by atoms with van der Waals surface area (Å²) in [5, 5.41) is 8.92. The van der Waals surface area contributed by atoms with Gasteiger partial charge in [-0.3, -0.25) is 4.79 Å². The van der Waals surface area contributed by atoms with Crippen molar-refractivity contribution in [1.82, 2.24) is 0 Å². The third kappa shape index (κ3) is 4.63. The van der Waals surface area contributed by atoms with Crippen LogP contribution in [0.1, 0.15) is 36.8 Å². The van der Waals surface area contributed by atoms with E-state index in [0.29, 0.717) is 6.61 Å². The summed E-state index contributed by atoms with van der Waals surface area (Å²) in [6, 6.07) is 17.7. The first-order chi connectivity index (χ1) is 10.2. The number of aliphatic carboxylic acids is 1. The zero-order chi connectivity index (χ0) is 15.1. The summed E-state index contributed by atoms with van der Waals surface area (Å²) < 4.78 is 5.73. The maximum atomic E-state index is 10.8. The van der Waals surface area contributed by atoms with Crippen LogP contribution in [-0.2, 0) is 11.4 Å². The van der Waals surface area contributed by atoms with Gasteiger partial charge in [-0.25, -0.2) is 0 Å². The summed E-state index contributed by atoms with van der Waals surface area (Å²) in [6.45, 7) is 2.54. The maximum absolute atomic E-state index is 10.8. The van der Waals surface area contributed by atoms with E-state index in [-0.39, 0.29) is 12.3 Å². The zero-order valence-corrected chi connectivity index (χ0v) is 12.2. The van der Waals surface area contributed by atoms with Crippen LogP contribution < -0.4 is 4.74 Å². The van der Waals surface area contributed by atoms with Crippen LogP contribution in [0.4, 0.5) is 0 Å². The molecule has 2 aromatic carbocycles. The predicted molar refractivity (Wildman–Crippen MR) is 82.5 cm³/mol. The molecule has 3 nitrogen and oxygen atoms in total. The third-order valence-corrected chi connectivity index (χ3v) is 3.51. The van der Waals surface area contributed by atoms with Gasteiger partial charge in [0.2, 0.25) is 0 Å². The van der Waals surface area contributed by atoms with Crippen LogP contribution in [-0.4, -0.2) is 11.1 Å². The Morgan fingerprint density at radius 2 is 1.76 bits per heavy atom. The van der Waals surface area contributed by atoms with Gasteiger partial charge < -0.3 is 9.84 Å². The number of rotatable bonds is 7. The second-order valence-corrected chi connectivity index (χ2v) is 5.05. The van der Waals surface area contributed by atoms with Gasteiger partial charge in [0.1, 0.15) is 12.4 Å². The van der Waals surface area contributed by atoms with Crippen LogP contribution in [0.25, 0.3) is 0 Å². The van der Waals surface area contributed by atoms with Gasteiger partial charge in [-0.15, -0.1) is 0 Å². The van der Waals surface area contributed by atoms with Crippen LogP contribution in [0.5, 0.6) is 5.75 Å². The second-order valence-electron chi connectivity index (χ2n) is 5.05. The largest absolute Gasteiger partial charge is 0.489 e. The Labute approximate surface area is 125 Å². The molecule has 0 aromatic heterocycles. The van der Waals surface area contributed by atoms with E-state index >= 15 is 0 Å². The summed E-state index contributed by atoms with van der Waals surface area (Å²) in [5.41, 5.74) is 2.17. The van der Waals surface area contributed by atoms with Gasteiger partial charge in [-0.1, -0.05) is 49.4 Å². The van der Waals surface area contributed by atoms with E-state index in [0.717, 1.165) is 23.3 Å². The minimum atomic E-state index is -0.758. The summed E-state index contributed by atoms with van der Waals surface area (Å²) in [5.74, 6) is 0.102. The molecule has 1 atom stereocenters. The first-order valence-corrected chi connectivity index (χ1v) is 7.17. The second kappa shape index (κ2) is 7.48. The van der Waals surface area contributed by atoms with E-state index in [1.807, 2.05) is 61.5 Å². The van der Waals surface area contributed by atoms with Crippen LogP contribution in [0, 0.1) is 0 Å². The molecular weight excluding hydrogens is 264 g/mol. The highest BCUT2D eigenvalue weighted by atomic mass is 16.5. The maximum Gasteiger partial charge on any atom is 0.303 e. The SMILES string of the molecule is CCC(CC(=O)O)c1ccc(OCc2ccccc2)cc1. The van der Waals surface area contributed by atoms with Crippen LogP contribution in [0.3, 0.4) is 0 Å². The number of ether oxygens (including phenoxy) is 1. The Morgan fingerprint density at radius 3 is 2.33 bits per heavy atom. The molecule has 3 heteroatoms. The smallest absolute Gasteiger partial charge is 0.303 e. The van der Waals surface area contributed by atoms with Crippen LogP contribution in [0.15, 0.2) is 54.6 Å². The fourth-order valence-corrected chi connectivity index (χ4v) is 2.29. The average Bonchev–Trinajstić information content (AvgIpc) is 2.52. The highest BCUT2D eigenvalue weighted by Gasteiger charge is 2.13. The number of carboxylic acids is 1. The van der Waals surface area contributed by atoms with Crippen molar-refractivity contribution in [3.05, 3.63) is 65.7 Å². The fraction of sp³-hybridized carbons (Fsp3) is 0.278. The van der Waals surface area contributed by atoms with Crippen molar-refractivity contribution in [3.8, 4) is 5.75 Å². The molecule has 0 heterocycles. The summed E-state index contributed by atoms with van der Waals surface area (Å²) in [7, 11) is 0. The predicted octanol–water partition coefficient (Wildman–Crippen LogP) is 4.23. The zero-order valence-electron chi connectivity index (χ0n) is 12.2. The Kier molecular flexibility index (Phi) is 5.38. The molecule has 2 aromatic rings. The number of carbonyl (C=O) groups is 1. The van der Waals surface area contributed by atoms with Crippen LogP contribution >= 0.6 is 0 Å². The molecule has 0 aliphatic heterocycles. The normalized spacial score (nSPS) is 11.9. The average molecular weight is 284 g/mol. The topological polar surface area (TPSA) is 46.5 Å². The molecule has 0 amide bonds. The van der Waals surface area contributed by atoms with Gasteiger partial charge in [0.15, 0.2) is 0 Å². The lowest BCUT2D eigenvalue weighted by atomic mass is 9.93. The molecule has 0 aliphatic carbocycles. The molecule has 0 bridgehead atoms. The molecule has 0 spiro atoms. The van der Waals surface area contributed by atoms with E-state index in [1.165, 1.54) is 0 Å². The lowest BCUT2D eigenvalue weighted by Gasteiger charge is -2.13. The van der Waals surface area contributed by atoms with Crippen molar-refractivity contribution in [2.24, 2.45) is 0 Å².